The van der Waals surface area contributed by atoms with Crippen LogP contribution >= 0.6 is 0 Å². The summed E-state index contributed by atoms with van der Waals surface area (Å²) in [6.45, 7) is 2.24. The molecule has 1 aromatic carbocycles. The molecular formula is C14H17F2NO4. The number of benzene rings is 1. The third kappa shape index (κ3) is 4.04. The lowest BCUT2D eigenvalue weighted by atomic mass is 10.1. The molecule has 21 heavy (non-hydrogen) atoms. The Morgan fingerprint density at radius 3 is 2.90 bits per heavy atom. The molecule has 0 spiro atoms. The molecule has 0 amide bonds. The van der Waals surface area contributed by atoms with E-state index in [-0.39, 0.29) is 23.5 Å². The fraction of sp³-hybridized carbons (Fsp3) is 0.500. The van der Waals surface area contributed by atoms with Crippen molar-refractivity contribution in [3.8, 4) is 11.5 Å². The van der Waals surface area contributed by atoms with E-state index in [0.29, 0.717) is 24.9 Å². The second-order valence-corrected chi connectivity index (χ2v) is 4.81. The molecule has 1 heterocycles. The Bertz CT molecular complexity index is 522. The van der Waals surface area contributed by atoms with Crippen molar-refractivity contribution in [2.75, 3.05) is 7.11 Å². The highest BCUT2D eigenvalue weighted by molar-refractivity contribution is 5.69. The Morgan fingerprint density at radius 1 is 1.43 bits per heavy atom. The maximum atomic E-state index is 13.0. The summed E-state index contributed by atoms with van der Waals surface area (Å²) in [6.07, 6.45) is -2.72. The minimum absolute atomic E-state index is 0.0292. The van der Waals surface area contributed by atoms with E-state index in [1.807, 2.05) is 6.92 Å². The van der Waals surface area contributed by atoms with E-state index < -0.39 is 6.29 Å². The van der Waals surface area contributed by atoms with Gasteiger partial charge in [0.15, 0.2) is 11.5 Å². The summed E-state index contributed by atoms with van der Waals surface area (Å²) in [5.74, 6) is -0.197. The first-order valence-electron chi connectivity index (χ1n) is 6.59. The van der Waals surface area contributed by atoms with Crippen LogP contribution in [0.1, 0.15) is 25.3 Å². The van der Waals surface area contributed by atoms with Crippen molar-refractivity contribution in [2.45, 2.75) is 38.6 Å². The number of alkyl halides is 2. The molecule has 1 aliphatic heterocycles. The van der Waals surface area contributed by atoms with Crippen molar-refractivity contribution in [3.05, 3.63) is 23.8 Å². The Balaban J connectivity index is 1.90. The highest BCUT2D eigenvalue weighted by Crippen LogP contribution is 2.43. The van der Waals surface area contributed by atoms with Gasteiger partial charge in [-0.2, -0.15) is 0 Å². The van der Waals surface area contributed by atoms with Gasteiger partial charge in [-0.1, -0.05) is 12.1 Å². The zero-order valence-electron chi connectivity index (χ0n) is 11.8. The standard InChI is InChI=1S/C14H17F2NO4/c1-9(6-7-12(18)19-2)17-8-10-4-3-5-11-13(10)21-14(15,16)20-11/h3-5,9,17H,6-8H2,1-2H3. The van der Waals surface area contributed by atoms with Crippen LogP contribution in [0.5, 0.6) is 11.5 Å². The molecule has 2 rings (SSSR count). The zero-order valence-corrected chi connectivity index (χ0v) is 11.8. The molecule has 1 aliphatic rings. The van der Waals surface area contributed by atoms with Crippen LogP contribution in [0.25, 0.3) is 0 Å². The Labute approximate surface area is 121 Å². The molecule has 0 fully saturated rings. The fourth-order valence-corrected chi connectivity index (χ4v) is 1.99. The minimum Gasteiger partial charge on any atom is -0.469 e. The van der Waals surface area contributed by atoms with Crippen LogP contribution in [0.2, 0.25) is 0 Å². The number of ether oxygens (including phenoxy) is 3. The van der Waals surface area contributed by atoms with Gasteiger partial charge in [0.1, 0.15) is 0 Å². The van der Waals surface area contributed by atoms with Gasteiger partial charge in [0, 0.05) is 24.6 Å². The molecule has 1 N–H and O–H groups in total. The van der Waals surface area contributed by atoms with E-state index in [9.17, 15) is 13.6 Å². The van der Waals surface area contributed by atoms with E-state index >= 15 is 0 Å². The molecule has 0 aromatic heterocycles. The van der Waals surface area contributed by atoms with E-state index in [1.54, 1.807) is 12.1 Å². The Morgan fingerprint density at radius 2 is 2.19 bits per heavy atom. The number of hydrogen-bond acceptors (Lipinski definition) is 5. The van der Waals surface area contributed by atoms with Crippen molar-refractivity contribution in [2.24, 2.45) is 0 Å². The van der Waals surface area contributed by atoms with E-state index in [0.717, 1.165) is 0 Å². The average molecular weight is 301 g/mol. The maximum Gasteiger partial charge on any atom is 0.586 e. The number of hydrogen-bond donors (Lipinski definition) is 1. The van der Waals surface area contributed by atoms with Crippen LogP contribution < -0.4 is 14.8 Å². The SMILES string of the molecule is COC(=O)CCC(C)NCc1cccc2c1OC(F)(F)O2. The van der Waals surface area contributed by atoms with Crippen molar-refractivity contribution < 1.29 is 27.8 Å². The molecule has 0 saturated carbocycles. The second kappa shape index (κ2) is 6.26. The highest BCUT2D eigenvalue weighted by Gasteiger charge is 2.44. The van der Waals surface area contributed by atoms with Crippen LogP contribution in [0.15, 0.2) is 18.2 Å². The lowest BCUT2D eigenvalue weighted by Gasteiger charge is -2.14. The molecule has 7 heteroatoms. The van der Waals surface area contributed by atoms with Crippen LogP contribution in [0, 0.1) is 0 Å². The number of fused-ring (bicyclic) bond motifs is 1. The van der Waals surface area contributed by atoms with Gasteiger partial charge >= 0.3 is 12.3 Å². The Hall–Kier alpha value is -1.89. The predicted octanol–water partition coefficient (Wildman–Crippen LogP) is 2.44. The normalized spacial score (nSPS) is 16.6. The molecule has 1 aromatic rings. The lowest BCUT2D eigenvalue weighted by Crippen LogP contribution is -2.27. The molecule has 0 radical (unpaired) electrons. The lowest BCUT2D eigenvalue weighted by molar-refractivity contribution is -0.286. The first-order valence-corrected chi connectivity index (χ1v) is 6.59. The third-order valence-electron chi connectivity index (χ3n) is 3.16. The van der Waals surface area contributed by atoms with Crippen LogP contribution in [0.4, 0.5) is 8.78 Å². The van der Waals surface area contributed by atoms with Gasteiger partial charge in [0.05, 0.1) is 7.11 Å². The largest absolute Gasteiger partial charge is 0.586 e. The monoisotopic (exact) mass is 301 g/mol. The van der Waals surface area contributed by atoms with Crippen molar-refractivity contribution >= 4 is 5.97 Å². The van der Waals surface area contributed by atoms with Crippen molar-refractivity contribution in [1.29, 1.82) is 0 Å². The number of esters is 1. The first kappa shape index (κ1) is 15.5. The number of methoxy groups -OCH3 is 1. The molecule has 116 valence electrons. The molecular weight excluding hydrogens is 284 g/mol. The number of rotatable bonds is 6. The summed E-state index contributed by atoms with van der Waals surface area (Å²) in [5.41, 5.74) is 0.578. The summed E-state index contributed by atoms with van der Waals surface area (Å²) in [4.78, 5) is 11.0. The number of halogens is 2. The molecule has 1 unspecified atom stereocenters. The van der Waals surface area contributed by atoms with Gasteiger partial charge in [0.25, 0.3) is 0 Å². The predicted molar refractivity (Wildman–Crippen MR) is 70.2 cm³/mol. The number of carbonyl (C=O) groups is 1. The minimum atomic E-state index is -3.62. The molecule has 0 bridgehead atoms. The first-order chi connectivity index (χ1) is 9.91. The molecule has 0 aliphatic carbocycles. The van der Waals surface area contributed by atoms with Crippen LogP contribution in [0.3, 0.4) is 0 Å². The quantitative estimate of drug-likeness (QED) is 0.818. The van der Waals surface area contributed by atoms with E-state index in [4.69, 9.17) is 0 Å². The molecule has 0 saturated heterocycles. The van der Waals surface area contributed by atoms with Gasteiger partial charge in [-0.15, -0.1) is 8.78 Å². The van der Waals surface area contributed by atoms with E-state index in [2.05, 4.69) is 19.5 Å². The smallest absolute Gasteiger partial charge is 0.469 e. The summed E-state index contributed by atoms with van der Waals surface area (Å²) in [6, 6.07) is 4.77. The summed E-state index contributed by atoms with van der Waals surface area (Å²) < 4.78 is 39.6. The maximum absolute atomic E-state index is 13.0. The third-order valence-corrected chi connectivity index (χ3v) is 3.16. The Kier molecular flexibility index (Phi) is 4.62. The van der Waals surface area contributed by atoms with Gasteiger partial charge in [-0.25, -0.2) is 0 Å². The average Bonchev–Trinajstić information content (AvgIpc) is 2.76. The van der Waals surface area contributed by atoms with E-state index in [1.165, 1.54) is 13.2 Å². The molecule has 1 atom stereocenters. The summed E-state index contributed by atoms with van der Waals surface area (Å²) in [7, 11) is 1.34. The van der Waals surface area contributed by atoms with Crippen LogP contribution in [-0.4, -0.2) is 25.4 Å². The van der Waals surface area contributed by atoms with Gasteiger partial charge in [0.2, 0.25) is 0 Å². The summed E-state index contributed by atoms with van der Waals surface area (Å²) >= 11 is 0. The van der Waals surface area contributed by atoms with Crippen molar-refractivity contribution in [3.63, 3.8) is 0 Å². The zero-order chi connectivity index (χ0) is 15.5. The summed E-state index contributed by atoms with van der Waals surface area (Å²) in [5, 5.41) is 3.15. The van der Waals surface area contributed by atoms with Gasteiger partial charge < -0.3 is 19.5 Å². The highest BCUT2D eigenvalue weighted by atomic mass is 19.3. The van der Waals surface area contributed by atoms with Gasteiger partial charge in [-0.05, 0) is 19.4 Å². The fourth-order valence-electron chi connectivity index (χ4n) is 1.99. The van der Waals surface area contributed by atoms with Crippen molar-refractivity contribution in [1.82, 2.24) is 5.32 Å². The van der Waals surface area contributed by atoms with Crippen LogP contribution in [-0.2, 0) is 16.1 Å². The second-order valence-electron chi connectivity index (χ2n) is 4.81. The topological polar surface area (TPSA) is 56.8 Å². The molecule has 5 nitrogen and oxygen atoms in total. The number of nitrogens with one attached hydrogen (secondary N) is 1. The van der Waals surface area contributed by atoms with Gasteiger partial charge in [-0.3, -0.25) is 4.79 Å². The number of para-hydroxylation sites is 1. The number of carbonyl (C=O) groups excluding carboxylic acids is 1.